The maximum absolute atomic E-state index is 14.0. The average molecular weight is 496 g/mol. The number of thioether (sulfide) groups is 1. The summed E-state index contributed by atoms with van der Waals surface area (Å²) in [5.41, 5.74) is 2.58. The Morgan fingerprint density at radius 3 is 2.62 bits per heavy atom. The lowest BCUT2D eigenvalue weighted by Crippen LogP contribution is -2.16. The summed E-state index contributed by atoms with van der Waals surface area (Å²) in [6.45, 7) is 5.70. The number of fused-ring (bicyclic) bond motifs is 1. The standard InChI is InChI=1S/C25H22FN3O3S2/c1-4-32-25(31)21-14(2)15(3)34-24(21)28-20(30)13-33-23-18-12-17(26)10-11-19(18)27-22(29-23)16-8-6-5-7-9-16/h5-12H,4,13H2,1-3H3,(H,28,30). The van der Waals surface area contributed by atoms with Crippen molar-refractivity contribution in [3.63, 3.8) is 0 Å². The van der Waals surface area contributed by atoms with E-state index < -0.39 is 11.8 Å². The van der Waals surface area contributed by atoms with Gasteiger partial charge in [-0.15, -0.1) is 11.3 Å². The molecule has 2 aromatic carbocycles. The molecule has 0 aliphatic heterocycles. The molecule has 4 aromatic rings. The lowest BCUT2D eigenvalue weighted by molar-refractivity contribution is -0.113. The topological polar surface area (TPSA) is 81.2 Å². The number of halogens is 1. The van der Waals surface area contributed by atoms with Gasteiger partial charge in [-0.3, -0.25) is 4.79 Å². The zero-order chi connectivity index (χ0) is 24.2. The first-order chi connectivity index (χ1) is 16.4. The van der Waals surface area contributed by atoms with Crippen LogP contribution in [0.1, 0.15) is 27.7 Å². The number of hydrogen-bond donors (Lipinski definition) is 1. The number of carbonyl (C=O) groups excluding carboxylic acids is 2. The molecule has 1 amide bonds. The predicted molar refractivity (Wildman–Crippen MR) is 134 cm³/mol. The maximum atomic E-state index is 14.0. The van der Waals surface area contributed by atoms with Crippen molar-refractivity contribution in [3.05, 3.63) is 70.4 Å². The Kier molecular flexibility index (Phi) is 7.23. The molecule has 0 saturated carbocycles. The molecule has 0 fully saturated rings. The van der Waals surface area contributed by atoms with Crippen molar-refractivity contribution in [3.8, 4) is 11.4 Å². The third kappa shape index (κ3) is 5.10. The van der Waals surface area contributed by atoms with Crippen LogP contribution < -0.4 is 5.32 Å². The van der Waals surface area contributed by atoms with Gasteiger partial charge >= 0.3 is 5.97 Å². The number of nitrogens with zero attached hydrogens (tertiary/aromatic N) is 2. The molecule has 4 rings (SSSR count). The minimum atomic E-state index is -0.461. The molecule has 1 N–H and O–H groups in total. The molecule has 174 valence electrons. The third-order valence-electron chi connectivity index (χ3n) is 5.11. The summed E-state index contributed by atoms with van der Waals surface area (Å²) >= 11 is 2.52. The zero-order valence-corrected chi connectivity index (χ0v) is 20.5. The molecule has 2 aromatic heterocycles. The van der Waals surface area contributed by atoms with Crippen molar-refractivity contribution >= 4 is 50.9 Å². The second-order valence-corrected chi connectivity index (χ2v) is 9.61. The molecule has 0 unspecified atom stereocenters. The Hall–Kier alpha value is -3.30. The number of benzene rings is 2. The minimum absolute atomic E-state index is 0.0229. The number of rotatable bonds is 7. The van der Waals surface area contributed by atoms with Crippen LogP contribution in [0.3, 0.4) is 0 Å². The first-order valence-electron chi connectivity index (χ1n) is 10.6. The van der Waals surface area contributed by atoms with Crippen molar-refractivity contribution < 1.29 is 18.7 Å². The van der Waals surface area contributed by atoms with Crippen LogP contribution in [0.4, 0.5) is 9.39 Å². The van der Waals surface area contributed by atoms with Crippen molar-refractivity contribution in [1.29, 1.82) is 0 Å². The van der Waals surface area contributed by atoms with Gasteiger partial charge in [-0.05, 0) is 44.5 Å². The lowest BCUT2D eigenvalue weighted by Gasteiger charge is -2.10. The van der Waals surface area contributed by atoms with E-state index in [9.17, 15) is 14.0 Å². The number of nitrogens with one attached hydrogen (secondary N) is 1. The van der Waals surface area contributed by atoms with Crippen LogP contribution in [0.2, 0.25) is 0 Å². The van der Waals surface area contributed by atoms with Crippen LogP contribution in [0.5, 0.6) is 0 Å². The van der Waals surface area contributed by atoms with Crippen LogP contribution in [-0.4, -0.2) is 34.2 Å². The molecule has 0 spiro atoms. The van der Waals surface area contributed by atoms with E-state index >= 15 is 0 Å². The van der Waals surface area contributed by atoms with Gasteiger partial charge in [0.05, 0.1) is 23.4 Å². The van der Waals surface area contributed by atoms with Gasteiger partial charge in [-0.2, -0.15) is 0 Å². The van der Waals surface area contributed by atoms with Crippen LogP contribution in [0.25, 0.3) is 22.3 Å². The Balaban J connectivity index is 1.59. The number of anilines is 1. The van der Waals surface area contributed by atoms with Crippen molar-refractivity contribution in [2.24, 2.45) is 0 Å². The molecular formula is C25H22FN3O3S2. The van der Waals surface area contributed by atoms with Gasteiger partial charge in [0, 0.05) is 15.8 Å². The Morgan fingerprint density at radius 2 is 1.88 bits per heavy atom. The van der Waals surface area contributed by atoms with Crippen LogP contribution in [-0.2, 0) is 9.53 Å². The normalized spacial score (nSPS) is 10.9. The fourth-order valence-corrected chi connectivity index (χ4v) is 5.23. The largest absolute Gasteiger partial charge is 0.462 e. The monoisotopic (exact) mass is 495 g/mol. The highest BCUT2D eigenvalue weighted by Crippen LogP contribution is 2.34. The van der Waals surface area contributed by atoms with Crippen molar-refractivity contribution in [1.82, 2.24) is 9.97 Å². The summed E-state index contributed by atoms with van der Waals surface area (Å²) in [7, 11) is 0. The van der Waals surface area contributed by atoms with Crippen LogP contribution in [0, 0.1) is 19.7 Å². The second kappa shape index (κ2) is 10.3. The van der Waals surface area contributed by atoms with Gasteiger partial charge < -0.3 is 10.1 Å². The van der Waals surface area contributed by atoms with E-state index in [0.717, 1.165) is 16.0 Å². The highest BCUT2D eigenvalue weighted by molar-refractivity contribution is 8.00. The smallest absolute Gasteiger partial charge is 0.341 e. The minimum Gasteiger partial charge on any atom is -0.462 e. The summed E-state index contributed by atoms with van der Waals surface area (Å²) < 4.78 is 19.1. The van der Waals surface area contributed by atoms with Gasteiger partial charge in [0.2, 0.25) is 5.91 Å². The van der Waals surface area contributed by atoms with E-state index in [-0.39, 0.29) is 18.3 Å². The molecule has 2 heterocycles. The summed E-state index contributed by atoms with van der Waals surface area (Å²) in [6.07, 6.45) is 0. The van der Waals surface area contributed by atoms with Crippen molar-refractivity contribution in [2.75, 3.05) is 17.7 Å². The van der Waals surface area contributed by atoms with Gasteiger partial charge in [0.1, 0.15) is 15.8 Å². The molecule has 0 saturated heterocycles. The Morgan fingerprint density at radius 1 is 1.12 bits per heavy atom. The van der Waals surface area contributed by atoms with Gasteiger partial charge in [-0.1, -0.05) is 42.1 Å². The van der Waals surface area contributed by atoms with E-state index in [1.54, 1.807) is 13.0 Å². The molecule has 34 heavy (non-hydrogen) atoms. The Bertz CT molecular complexity index is 1370. The van der Waals surface area contributed by atoms with E-state index in [1.165, 1.54) is 35.2 Å². The molecular weight excluding hydrogens is 473 g/mol. The summed E-state index contributed by atoms with van der Waals surface area (Å²) in [6, 6.07) is 13.8. The molecule has 0 aliphatic carbocycles. The van der Waals surface area contributed by atoms with E-state index in [2.05, 4.69) is 15.3 Å². The molecule has 9 heteroatoms. The van der Waals surface area contributed by atoms with Crippen molar-refractivity contribution in [2.45, 2.75) is 25.8 Å². The molecule has 0 bridgehead atoms. The number of esters is 1. The first kappa shape index (κ1) is 23.8. The first-order valence-corrected chi connectivity index (χ1v) is 12.4. The van der Waals surface area contributed by atoms with Gasteiger partial charge in [-0.25, -0.2) is 19.2 Å². The molecule has 0 aliphatic rings. The quantitative estimate of drug-likeness (QED) is 0.192. The molecule has 6 nitrogen and oxygen atoms in total. The Labute approximate surface area is 204 Å². The number of hydrogen-bond acceptors (Lipinski definition) is 7. The number of ether oxygens (including phenoxy) is 1. The second-order valence-electron chi connectivity index (χ2n) is 7.42. The number of amides is 1. The average Bonchev–Trinajstić information content (AvgIpc) is 3.10. The highest BCUT2D eigenvalue weighted by atomic mass is 32.2. The highest BCUT2D eigenvalue weighted by Gasteiger charge is 2.22. The zero-order valence-electron chi connectivity index (χ0n) is 18.8. The predicted octanol–water partition coefficient (Wildman–Crippen LogP) is 6.02. The van der Waals surface area contributed by atoms with Crippen LogP contribution >= 0.6 is 23.1 Å². The van der Waals surface area contributed by atoms with Gasteiger partial charge in [0.25, 0.3) is 0 Å². The number of aromatic nitrogens is 2. The lowest BCUT2D eigenvalue weighted by atomic mass is 10.1. The number of thiophene rings is 1. The van der Waals surface area contributed by atoms with E-state index in [0.29, 0.717) is 32.3 Å². The number of aryl methyl sites for hydroxylation is 1. The summed E-state index contributed by atoms with van der Waals surface area (Å²) in [5, 5.41) is 4.33. The molecule has 0 atom stereocenters. The summed E-state index contributed by atoms with van der Waals surface area (Å²) in [5.74, 6) is -0.650. The number of carbonyl (C=O) groups is 2. The fourth-order valence-electron chi connectivity index (χ4n) is 3.36. The summed E-state index contributed by atoms with van der Waals surface area (Å²) in [4.78, 5) is 35.3. The molecule has 0 radical (unpaired) electrons. The van der Waals surface area contributed by atoms with Gasteiger partial charge in [0.15, 0.2) is 5.82 Å². The maximum Gasteiger partial charge on any atom is 0.341 e. The SMILES string of the molecule is CCOC(=O)c1c(NC(=O)CSc2nc(-c3ccccc3)nc3ccc(F)cc23)sc(C)c1C. The van der Waals surface area contributed by atoms with E-state index in [1.807, 2.05) is 44.2 Å². The van der Waals surface area contributed by atoms with Crippen LogP contribution in [0.15, 0.2) is 53.6 Å². The van der Waals surface area contributed by atoms with E-state index in [4.69, 9.17) is 4.74 Å². The third-order valence-corrected chi connectivity index (χ3v) is 7.23. The fraction of sp³-hybridized carbons (Fsp3) is 0.200.